The zero-order chi connectivity index (χ0) is 15.5. The van der Waals surface area contributed by atoms with Crippen molar-refractivity contribution in [2.24, 2.45) is 15.0 Å². The summed E-state index contributed by atoms with van der Waals surface area (Å²) in [5.74, 6) is 0. The smallest absolute Gasteiger partial charge is 0.122 e. The van der Waals surface area contributed by atoms with Crippen LogP contribution < -0.4 is 0 Å². The van der Waals surface area contributed by atoms with Gasteiger partial charge >= 0.3 is 0 Å². The van der Waals surface area contributed by atoms with Crippen molar-refractivity contribution in [1.29, 1.82) is 5.26 Å². The minimum absolute atomic E-state index is 0.186. The van der Waals surface area contributed by atoms with Crippen LogP contribution in [0.4, 0.5) is 5.69 Å². The molecule has 0 saturated carbocycles. The lowest BCUT2D eigenvalue weighted by molar-refractivity contribution is 0.284. The van der Waals surface area contributed by atoms with Crippen molar-refractivity contribution in [2.45, 2.75) is 0 Å². The van der Waals surface area contributed by atoms with Crippen LogP contribution in [0.1, 0.15) is 5.56 Å². The third-order valence-electron chi connectivity index (χ3n) is 2.61. The van der Waals surface area contributed by atoms with Gasteiger partial charge in [0.2, 0.25) is 0 Å². The molecule has 0 atom stereocenters. The molecule has 0 radical (unpaired) electrons. The van der Waals surface area contributed by atoms with Crippen molar-refractivity contribution in [3.05, 3.63) is 66.2 Å². The summed E-state index contributed by atoms with van der Waals surface area (Å²) >= 11 is 0. The molecule has 0 fully saturated rings. The van der Waals surface area contributed by atoms with E-state index in [2.05, 4.69) is 21.0 Å². The van der Waals surface area contributed by atoms with Gasteiger partial charge in [-0.3, -0.25) is 15.0 Å². The molecular formula is C17H14N4O. The number of nitriles is 1. The normalized spacial score (nSPS) is 14.8. The number of fused-ring (bicyclic) bond motifs is 1. The topological polar surface area (TPSA) is 70.1 Å². The number of aliphatic imine (C=N–C) groups is 3. The third kappa shape index (κ3) is 5.02. The minimum atomic E-state index is 0.186. The van der Waals surface area contributed by atoms with E-state index in [1.807, 2.05) is 24.3 Å². The summed E-state index contributed by atoms with van der Waals surface area (Å²) in [6.45, 7) is 0.186. The molecule has 1 heterocycles. The Hall–Kier alpha value is -3.26. The van der Waals surface area contributed by atoms with E-state index in [0.29, 0.717) is 5.57 Å². The lowest BCUT2D eigenvalue weighted by Gasteiger charge is -1.99. The van der Waals surface area contributed by atoms with Crippen molar-refractivity contribution in [2.75, 3.05) is 6.61 Å². The highest BCUT2D eigenvalue weighted by atomic mass is 16.5. The highest BCUT2D eigenvalue weighted by Crippen LogP contribution is 2.16. The van der Waals surface area contributed by atoms with Crippen molar-refractivity contribution >= 4 is 24.3 Å². The van der Waals surface area contributed by atoms with Gasteiger partial charge in [0.15, 0.2) is 0 Å². The monoisotopic (exact) mass is 290 g/mol. The van der Waals surface area contributed by atoms with Gasteiger partial charge in [0.05, 0.1) is 23.6 Å². The molecule has 0 aromatic heterocycles. The van der Waals surface area contributed by atoms with E-state index in [0.717, 1.165) is 11.3 Å². The first-order valence-corrected chi connectivity index (χ1v) is 6.60. The molecule has 0 aliphatic carbocycles. The largest absolute Gasteiger partial charge is 0.496 e. The van der Waals surface area contributed by atoms with E-state index in [1.165, 1.54) is 6.26 Å². The molecule has 1 aliphatic rings. The Balaban J connectivity index is 2.32. The van der Waals surface area contributed by atoms with Crippen LogP contribution in [0.25, 0.3) is 0 Å². The molecule has 5 nitrogen and oxygen atoms in total. The predicted octanol–water partition coefficient (Wildman–Crippen LogP) is 3.34. The minimum Gasteiger partial charge on any atom is -0.496 e. The molecule has 0 spiro atoms. The molecule has 0 unspecified atom stereocenters. The summed E-state index contributed by atoms with van der Waals surface area (Å²) < 4.78 is 5.23. The SMILES string of the molecule is N#CC1=CC=Nc2ccccc2C=NC=CN=CC=COC1. The number of nitrogens with zero attached hydrogens (tertiary/aromatic N) is 4. The van der Waals surface area contributed by atoms with Gasteiger partial charge in [-0.05, 0) is 18.2 Å². The fourth-order valence-corrected chi connectivity index (χ4v) is 1.57. The standard InChI is InChI=1S/C17H14N4O/c18-12-15-6-8-21-17-5-2-1-4-16(17)13-20-10-9-19-7-3-11-22-14-15/h1-11,13H,14H2. The van der Waals surface area contributed by atoms with Gasteiger partial charge in [-0.2, -0.15) is 5.26 Å². The summed E-state index contributed by atoms with van der Waals surface area (Å²) in [4.78, 5) is 12.5. The summed E-state index contributed by atoms with van der Waals surface area (Å²) in [7, 11) is 0. The maximum absolute atomic E-state index is 9.03. The lowest BCUT2D eigenvalue weighted by atomic mass is 10.2. The van der Waals surface area contributed by atoms with Crippen molar-refractivity contribution < 1.29 is 4.74 Å². The van der Waals surface area contributed by atoms with Gasteiger partial charge in [-0.1, -0.05) is 18.2 Å². The Morgan fingerprint density at radius 3 is 2.86 bits per heavy atom. The molecule has 0 bridgehead atoms. The van der Waals surface area contributed by atoms with Gasteiger partial charge in [0, 0.05) is 36.6 Å². The van der Waals surface area contributed by atoms with E-state index >= 15 is 0 Å². The highest BCUT2D eigenvalue weighted by Gasteiger charge is 1.96. The molecule has 0 saturated heterocycles. The van der Waals surface area contributed by atoms with Gasteiger partial charge in [0.1, 0.15) is 6.61 Å². The molecular weight excluding hydrogens is 276 g/mol. The van der Waals surface area contributed by atoms with E-state index in [4.69, 9.17) is 10.00 Å². The molecule has 1 aromatic carbocycles. The first kappa shape index (κ1) is 15.1. The number of allylic oxidation sites excluding steroid dienone is 2. The Bertz CT molecular complexity index is 718. The summed E-state index contributed by atoms with van der Waals surface area (Å²) in [5, 5.41) is 9.03. The molecule has 2 rings (SSSR count). The Kier molecular flexibility index (Phi) is 6.07. The lowest BCUT2D eigenvalue weighted by Crippen LogP contribution is -1.91. The van der Waals surface area contributed by atoms with E-state index < -0.39 is 0 Å². The Morgan fingerprint density at radius 2 is 1.95 bits per heavy atom. The first-order chi connectivity index (χ1) is 10.9. The number of hydrogen-bond acceptors (Lipinski definition) is 5. The quantitative estimate of drug-likeness (QED) is 0.735. The van der Waals surface area contributed by atoms with Crippen LogP contribution in [-0.4, -0.2) is 25.3 Å². The molecule has 0 N–H and O–H groups in total. The summed E-state index contributed by atoms with van der Waals surface area (Å²) in [6, 6.07) is 9.67. The van der Waals surface area contributed by atoms with Crippen LogP contribution in [0.3, 0.4) is 0 Å². The van der Waals surface area contributed by atoms with Crippen LogP contribution in [-0.2, 0) is 4.74 Å². The number of benzene rings is 1. The maximum Gasteiger partial charge on any atom is 0.122 e. The number of para-hydroxylation sites is 1. The van der Waals surface area contributed by atoms with Gasteiger partial charge in [-0.15, -0.1) is 0 Å². The molecule has 22 heavy (non-hydrogen) atoms. The van der Waals surface area contributed by atoms with E-state index in [1.54, 1.807) is 43.2 Å². The van der Waals surface area contributed by atoms with Crippen LogP contribution in [0.5, 0.6) is 0 Å². The average molecular weight is 290 g/mol. The fraction of sp³-hybridized carbons (Fsp3) is 0.0588. The number of ether oxygens (including phenoxy) is 1. The Morgan fingerprint density at radius 1 is 1.09 bits per heavy atom. The molecule has 108 valence electrons. The fourth-order valence-electron chi connectivity index (χ4n) is 1.57. The molecule has 0 amide bonds. The van der Waals surface area contributed by atoms with Crippen LogP contribution in [0.15, 0.2) is 75.6 Å². The maximum atomic E-state index is 9.03. The zero-order valence-corrected chi connectivity index (χ0v) is 11.8. The number of rotatable bonds is 0. The second-order valence-corrected chi connectivity index (χ2v) is 4.15. The molecule has 5 heteroatoms. The van der Waals surface area contributed by atoms with Gasteiger partial charge < -0.3 is 4.74 Å². The first-order valence-electron chi connectivity index (χ1n) is 6.60. The van der Waals surface area contributed by atoms with E-state index in [9.17, 15) is 0 Å². The highest BCUT2D eigenvalue weighted by molar-refractivity contribution is 5.89. The second kappa shape index (κ2) is 8.82. The average Bonchev–Trinajstić information content (AvgIpc) is 2.55. The van der Waals surface area contributed by atoms with Crippen LogP contribution in [0.2, 0.25) is 0 Å². The summed E-state index contributed by atoms with van der Waals surface area (Å²) in [6.07, 6.45) is 12.8. The van der Waals surface area contributed by atoms with Gasteiger partial charge in [-0.25, -0.2) is 0 Å². The third-order valence-corrected chi connectivity index (χ3v) is 2.61. The molecule has 1 aromatic rings. The van der Waals surface area contributed by atoms with E-state index in [-0.39, 0.29) is 6.61 Å². The predicted molar refractivity (Wildman–Crippen MR) is 88.6 cm³/mol. The van der Waals surface area contributed by atoms with Crippen molar-refractivity contribution in [3.63, 3.8) is 0 Å². The van der Waals surface area contributed by atoms with Gasteiger partial charge in [0.25, 0.3) is 0 Å². The zero-order valence-electron chi connectivity index (χ0n) is 11.8. The number of hydrogen-bond donors (Lipinski definition) is 0. The summed E-state index contributed by atoms with van der Waals surface area (Å²) in [5.41, 5.74) is 2.12. The second-order valence-electron chi connectivity index (χ2n) is 4.15. The molecule has 1 aliphatic heterocycles. The van der Waals surface area contributed by atoms with Crippen LogP contribution in [0, 0.1) is 11.3 Å². The van der Waals surface area contributed by atoms with Crippen LogP contribution >= 0.6 is 0 Å². The Labute approximate surface area is 129 Å². The van der Waals surface area contributed by atoms with Crippen molar-refractivity contribution in [3.8, 4) is 6.07 Å². The van der Waals surface area contributed by atoms with Crippen molar-refractivity contribution in [1.82, 2.24) is 0 Å².